The molecule has 0 amide bonds. The SMILES string of the molecule is COCCCCCCCCCCCCCC/C=C1\OC(=O)C1CCCCCCCCCCCCCCOC. The fourth-order valence-corrected chi connectivity index (χ4v) is 5.53. The molecule has 0 radical (unpaired) electrons. The Morgan fingerprint density at radius 1 is 0.526 bits per heavy atom. The van der Waals surface area contributed by atoms with Crippen molar-refractivity contribution in [2.24, 2.45) is 5.92 Å². The van der Waals surface area contributed by atoms with E-state index in [0.717, 1.165) is 38.2 Å². The second-order valence-corrected chi connectivity index (χ2v) is 11.6. The summed E-state index contributed by atoms with van der Waals surface area (Å²) in [6, 6.07) is 0. The average molecular weight is 537 g/mol. The first-order chi connectivity index (χ1) is 18.8. The maximum absolute atomic E-state index is 11.9. The number of methoxy groups -OCH3 is 2. The van der Waals surface area contributed by atoms with Gasteiger partial charge in [0.05, 0.1) is 0 Å². The summed E-state index contributed by atoms with van der Waals surface area (Å²) in [5.41, 5.74) is 0. The number of hydrogen-bond acceptors (Lipinski definition) is 4. The van der Waals surface area contributed by atoms with Gasteiger partial charge in [0.15, 0.2) is 0 Å². The summed E-state index contributed by atoms with van der Waals surface area (Å²) in [7, 11) is 3.58. The Bertz CT molecular complexity index is 545. The molecule has 4 nitrogen and oxygen atoms in total. The van der Waals surface area contributed by atoms with E-state index in [2.05, 4.69) is 6.08 Å². The monoisotopic (exact) mass is 536 g/mol. The molecule has 0 bridgehead atoms. The Hall–Kier alpha value is -0.870. The van der Waals surface area contributed by atoms with E-state index in [4.69, 9.17) is 14.2 Å². The Morgan fingerprint density at radius 2 is 0.868 bits per heavy atom. The minimum absolute atomic E-state index is 0.00782. The van der Waals surface area contributed by atoms with Gasteiger partial charge in [0, 0.05) is 27.4 Å². The van der Waals surface area contributed by atoms with Crippen LogP contribution in [0.5, 0.6) is 0 Å². The molecule has 0 spiro atoms. The predicted molar refractivity (Wildman–Crippen MR) is 161 cm³/mol. The Balaban J connectivity index is 1.85. The smallest absolute Gasteiger partial charge is 0.321 e. The maximum atomic E-state index is 11.9. The van der Waals surface area contributed by atoms with E-state index >= 15 is 0 Å². The van der Waals surface area contributed by atoms with Gasteiger partial charge in [-0.25, -0.2) is 0 Å². The molecular weight excluding hydrogens is 472 g/mol. The minimum Gasteiger partial charge on any atom is -0.430 e. The van der Waals surface area contributed by atoms with E-state index in [-0.39, 0.29) is 11.9 Å². The third-order valence-electron chi connectivity index (χ3n) is 8.09. The Morgan fingerprint density at radius 3 is 1.24 bits per heavy atom. The first-order valence-electron chi connectivity index (χ1n) is 16.7. The summed E-state index contributed by atoms with van der Waals surface area (Å²) in [5, 5.41) is 0. The summed E-state index contributed by atoms with van der Waals surface area (Å²) >= 11 is 0. The topological polar surface area (TPSA) is 44.8 Å². The predicted octanol–water partition coefficient (Wildman–Crippen LogP) is 10.5. The van der Waals surface area contributed by atoms with Gasteiger partial charge < -0.3 is 14.2 Å². The van der Waals surface area contributed by atoms with Crippen LogP contribution in [0.25, 0.3) is 0 Å². The van der Waals surface area contributed by atoms with Crippen molar-refractivity contribution in [2.75, 3.05) is 27.4 Å². The summed E-state index contributed by atoms with van der Waals surface area (Å²) in [6.07, 6.45) is 36.3. The molecular formula is C34H64O4. The van der Waals surface area contributed by atoms with E-state index in [9.17, 15) is 4.79 Å². The number of carbonyl (C=O) groups excluding carboxylic acids is 1. The van der Waals surface area contributed by atoms with Crippen LogP contribution in [0.4, 0.5) is 0 Å². The van der Waals surface area contributed by atoms with Crippen molar-refractivity contribution in [2.45, 2.75) is 167 Å². The lowest BCUT2D eigenvalue weighted by atomic mass is 9.93. The highest BCUT2D eigenvalue weighted by Gasteiger charge is 2.36. The number of rotatable bonds is 30. The van der Waals surface area contributed by atoms with Gasteiger partial charge in [-0.1, -0.05) is 135 Å². The number of unbranched alkanes of at least 4 members (excludes halogenated alkanes) is 23. The van der Waals surface area contributed by atoms with Crippen molar-refractivity contribution in [3.63, 3.8) is 0 Å². The van der Waals surface area contributed by atoms with Gasteiger partial charge in [0.1, 0.15) is 11.7 Å². The molecule has 1 rings (SSSR count). The zero-order valence-electron chi connectivity index (χ0n) is 25.6. The van der Waals surface area contributed by atoms with Crippen LogP contribution in [0, 0.1) is 5.92 Å². The van der Waals surface area contributed by atoms with Crippen LogP contribution in [0.3, 0.4) is 0 Å². The van der Waals surface area contributed by atoms with Crippen LogP contribution >= 0.6 is 0 Å². The molecule has 38 heavy (non-hydrogen) atoms. The Kier molecular flexibility index (Phi) is 25.6. The van der Waals surface area contributed by atoms with E-state index < -0.39 is 0 Å². The molecule has 4 heteroatoms. The zero-order chi connectivity index (χ0) is 27.4. The lowest BCUT2D eigenvalue weighted by molar-refractivity contribution is -0.157. The fourth-order valence-electron chi connectivity index (χ4n) is 5.53. The van der Waals surface area contributed by atoms with Crippen molar-refractivity contribution in [1.82, 2.24) is 0 Å². The molecule has 1 aliphatic rings. The summed E-state index contributed by atoms with van der Waals surface area (Å²) in [6.45, 7) is 1.83. The molecule has 1 unspecified atom stereocenters. The van der Waals surface area contributed by atoms with Crippen molar-refractivity contribution in [3.8, 4) is 0 Å². The molecule has 0 N–H and O–H groups in total. The third-order valence-corrected chi connectivity index (χ3v) is 8.09. The molecule has 224 valence electrons. The van der Waals surface area contributed by atoms with Crippen LogP contribution in [0.1, 0.15) is 167 Å². The van der Waals surface area contributed by atoms with Crippen LogP contribution in [-0.4, -0.2) is 33.4 Å². The minimum atomic E-state index is 0.00782. The first-order valence-corrected chi connectivity index (χ1v) is 16.7. The van der Waals surface area contributed by atoms with Gasteiger partial charge in [-0.15, -0.1) is 0 Å². The van der Waals surface area contributed by atoms with E-state index in [1.165, 1.54) is 148 Å². The van der Waals surface area contributed by atoms with E-state index in [0.29, 0.717) is 0 Å². The second-order valence-electron chi connectivity index (χ2n) is 11.6. The number of cyclic esters (lactones) is 1. The van der Waals surface area contributed by atoms with Gasteiger partial charge in [0.25, 0.3) is 0 Å². The third kappa shape index (κ3) is 21.0. The number of carbonyl (C=O) groups is 1. The van der Waals surface area contributed by atoms with Crippen molar-refractivity contribution >= 4 is 5.97 Å². The molecule has 0 aliphatic carbocycles. The zero-order valence-corrected chi connectivity index (χ0v) is 25.6. The highest BCUT2D eigenvalue weighted by molar-refractivity contribution is 5.82. The Labute approximate surface area is 237 Å². The average Bonchev–Trinajstić information content (AvgIpc) is 2.92. The number of esters is 1. The number of allylic oxidation sites excluding steroid dienone is 1. The first kappa shape index (κ1) is 35.2. The lowest BCUT2D eigenvalue weighted by Crippen LogP contribution is -2.32. The van der Waals surface area contributed by atoms with Crippen LogP contribution in [0.15, 0.2) is 11.8 Å². The molecule has 0 aromatic carbocycles. The maximum Gasteiger partial charge on any atom is 0.321 e. The standard InChI is InChI=1S/C34H64O4/c1-36-30-26-22-18-14-10-6-3-4-9-13-17-21-25-29-33-32(34(35)38-33)28-24-20-16-12-8-5-7-11-15-19-23-27-31-37-2/h29,32H,3-28,30-31H2,1-2H3/b33-29-. The van der Waals surface area contributed by atoms with E-state index in [1.807, 2.05) is 0 Å². The second kappa shape index (κ2) is 27.7. The van der Waals surface area contributed by atoms with Gasteiger partial charge >= 0.3 is 5.97 Å². The summed E-state index contributed by atoms with van der Waals surface area (Å²) in [4.78, 5) is 11.9. The van der Waals surface area contributed by atoms with Crippen molar-refractivity contribution in [1.29, 1.82) is 0 Å². The molecule has 1 heterocycles. The summed E-state index contributed by atoms with van der Waals surface area (Å²) in [5.74, 6) is 1.05. The largest absolute Gasteiger partial charge is 0.430 e. The molecule has 1 atom stereocenters. The van der Waals surface area contributed by atoms with Crippen molar-refractivity contribution < 1.29 is 19.0 Å². The quantitative estimate of drug-likeness (QED) is 0.0676. The van der Waals surface area contributed by atoms with Gasteiger partial charge in [-0.3, -0.25) is 4.79 Å². The molecule has 0 saturated carbocycles. The molecule has 1 aliphatic heterocycles. The molecule has 1 fully saturated rings. The van der Waals surface area contributed by atoms with Gasteiger partial charge in [-0.2, -0.15) is 0 Å². The van der Waals surface area contributed by atoms with Crippen LogP contribution in [-0.2, 0) is 19.0 Å². The number of hydrogen-bond donors (Lipinski definition) is 0. The summed E-state index contributed by atoms with van der Waals surface area (Å²) < 4.78 is 15.5. The van der Waals surface area contributed by atoms with Gasteiger partial charge in [0.2, 0.25) is 0 Å². The normalized spacial score (nSPS) is 16.2. The van der Waals surface area contributed by atoms with Crippen molar-refractivity contribution in [3.05, 3.63) is 11.8 Å². The van der Waals surface area contributed by atoms with Crippen LogP contribution < -0.4 is 0 Å². The van der Waals surface area contributed by atoms with Crippen LogP contribution in [0.2, 0.25) is 0 Å². The lowest BCUT2D eigenvalue weighted by Gasteiger charge is -2.28. The van der Waals surface area contributed by atoms with Gasteiger partial charge in [-0.05, 0) is 38.2 Å². The fraction of sp³-hybridized carbons (Fsp3) is 0.912. The molecule has 1 saturated heterocycles. The molecule has 0 aromatic rings. The number of ether oxygens (including phenoxy) is 3. The highest BCUT2D eigenvalue weighted by Crippen LogP contribution is 2.32. The highest BCUT2D eigenvalue weighted by atomic mass is 16.6. The molecule has 0 aromatic heterocycles. The van der Waals surface area contributed by atoms with E-state index in [1.54, 1.807) is 14.2 Å².